The third-order valence-electron chi connectivity index (χ3n) is 5.51. The predicted molar refractivity (Wildman–Crippen MR) is 107 cm³/mol. The van der Waals surface area contributed by atoms with Crippen molar-refractivity contribution >= 4 is 15.9 Å². The zero-order valence-electron chi connectivity index (χ0n) is 16.5. The van der Waals surface area contributed by atoms with E-state index in [1.165, 1.54) is 12.1 Å². The van der Waals surface area contributed by atoms with Crippen LogP contribution >= 0.6 is 15.9 Å². The van der Waals surface area contributed by atoms with Gasteiger partial charge >= 0.3 is 12.4 Å². The lowest BCUT2D eigenvalue weighted by molar-refractivity contribution is -0.143. The second-order valence-electron chi connectivity index (χ2n) is 7.60. The normalized spacial score (nSPS) is 19.6. The van der Waals surface area contributed by atoms with Crippen molar-refractivity contribution < 1.29 is 35.5 Å². The van der Waals surface area contributed by atoms with Crippen molar-refractivity contribution in [2.45, 2.75) is 44.5 Å². The fraction of sp³-hybridized carbons (Fsp3) is 0.455. The number of hydrogen-bond donors (Lipinski definition) is 0. The molecule has 0 amide bonds. The van der Waals surface area contributed by atoms with Crippen molar-refractivity contribution in [2.24, 2.45) is 5.92 Å². The molecule has 1 nitrogen and oxygen atoms in total. The molecule has 0 radical (unpaired) electrons. The van der Waals surface area contributed by atoms with Gasteiger partial charge in [0.1, 0.15) is 0 Å². The third kappa shape index (κ3) is 5.18. The first-order valence-electron chi connectivity index (χ1n) is 9.76. The molecule has 0 spiro atoms. The molecule has 3 rings (SSSR count). The maximum absolute atomic E-state index is 15.4. The van der Waals surface area contributed by atoms with E-state index in [9.17, 15) is 26.3 Å². The van der Waals surface area contributed by atoms with Gasteiger partial charge < -0.3 is 4.74 Å². The Morgan fingerprint density at radius 2 is 1.58 bits per heavy atom. The molecule has 1 aliphatic rings. The van der Waals surface area contributed by atoms with E-state index in [1.807, 2.05) is 0 Å². The molecule has 170 valence electrons. The van der Waals surface area contributed by atoms with Crippen LogP contribution in [0.2, 0.25) is 0 Å². The minimum Gasteiger partial charge on any atom is -0.490 e. The summed E-state index contributed by atoms with van der Waals surface area (Å²) in [4.78, 5) is 0. The Morgan fingerprint density at radius 1 is 0.968 bits per heavy atom. The second-order valence-corrected chi connectivity index (χ2v) is 8.25. The Bertz CT molecular complexity index is 904. The summed E-state index contributed by atoms with van der Waals surface area (Å²) in [5, 5.41) is 0.784. The van der Waals surface area contributed by atoms with E-state index < -0.39 is 34.9 Å². The van der Waals surface area contributed by atoms with E-state index in [1.54, 1.807) is 6.92 Å². The molecular formula is C22H20BrF7O. The lowest BCUT2D eigenvalue weighted by atomic mass is 9.91. The van der Waals surface area contributed by atoms with Crippen molar-refractivity contribution in [2.75, 3.05) is 11.9 Å². The Kier molecular flexibility index (Phi) is 6.93. The maximum Gasteiger partial charge on any atom is 0.416 e. The summed E-state index contributed by atoms with van der Waals surface area (Å²) in [6.07, 6.45) is -7.58. The van der Waals surface area contributed by atoms with Crippen LogP contribution in [0.15, 0.2) is 30.3 Å². The lowest BCUT2D eigenvalue weighted by Gasteiger charge is -2.19. The first kappa shape index (κ1) is 23.9. The van der Waals surface area contributed by atoms with Gasteiger partial charge in [-0.05, 0) is 67.3 Å². The Balaban J connectivity index is 2.15. The summed E-state index contributed by atoms with van der Waals surface area (Å²) in [5.41, 5.74) is -3.09. The standard InChI is InChI=1S/C22H20BrF7O/c1-2-31-20-18(6-5-17(19(20)24)13-4-3-12(7-13)11-23)14-8-15(21(25,26)27)10-16(9-14)22(28,29)30/h5-6,8-10,12-13H,2-4,7,11H2,1H3/t12-,13-/m1/s1. The number of alkyl halides is 7. The predicted octanol–water partition coefficient (Wildman–Crippen LogP) is 8.21. The van der Waals surface area contributed by atoms with Gasteiger partial charge in [-0.15, -0.1) is 0 Å². The van der Waals surface area contributed by atoms with E-state index in [0.717, 1.165) is 24.6 Å². The molecular weight excluding hydrogens is 493 g/mol. The van der Waals surface area contributed by atoms with Gasteiger partial charge in [0.15, 0.2) is 11.6 Å². The van der Waals surface area contributed by atoms with E-state index in [-0.39, 0.29) is 29.9 Å². The highest BCUT2D eigenvalue weighted by atomic mass is 79.9. The van der Waals surface area contributed by atoms with Crippen molar-refractivity contribution in [3.05, 3.63) is 52.8 Å². The van der Waals surface area contributed by atoms with Crippen LogP contribution in [0.5, 0.6) is 5.75 Å². The summed E-state index contributed by atoms with van der Waals surface area (Å²) in [6, 6.07) is 4.02. The first-order chi connectivity index (χ1) is 14.5. The highest BCUT2D eigenvalue weighted by Gasteiger charge is 2.37. The molecule has 2 aromatic rings. The van der Waals surface area contributed by atoms with Gasteiger partial charge in [-0.25, -0.2) is 4.39 Å². The van der Waals surface area contributed by atoms with Gasteiger partial charge in [-0.1, -0.05) is 28.1 Å². The average molecular weight is 513 g/mol. The lowest BCUT2D eigenvalue weighted by Crippen LogP contribution is -2.11. The fourth-order valence-electron chi connectivity index (χ4n) is 4.01. The molecule has 0 unspecified atom stereocenters. The molecule has 0 bridgehead atoms. The van der Waals surface area contributed by atoms with Crippen LogP contribution < -0.4 is 4.74 Å². The fourth-order valence-corrected chi connectivity index (χ4v) is 4.60. The molecule has 31 heavy (non-hydrogen) atoms. The molecule has 1 aliphatic carbocycles. The smallest absolute Gasteiger partial charge is 0.416 e. The highest BCUT2D eigenvalue weighted by Crippen LogP contribution is 2.45. The summed E-state index contributed by atoms with van der Waals surface area (Å²) < 4.78 is 100. The van der Waals surface area contributed by atoms with Gasteiger partial charge in [0.2, 0.25) is 0 Å². The van der Waals surface area contributed by atoms with Crippen LogP contribution in [0.3, 0.4) is 0 Å². The Hall–Kier alpha value is -1.77. The molecule has 0 aromatic heterocycles. The van der Waals surface area contributed by atoms with Crippen LogP contribution in [-0.2, 0) is 12.4 Å². The van der Waals surface area contributed by atoms with Gasteiger partial charge in [-0.3, -0.25) is 0 Å². The molecule has 9 heteroatoms. The summed E-state index contributed by atoms with van der Waals surface area (Å²) in [7, 11) is 0. The Morgan fingerprint density at radius 3 is 2.06 bits per heavy atom. The molecule has 2 atom stereocenters. The van der Waals surface area contributed by atoms with E-state index in [2.05, 4.69) is 15.9 Å². The number of benzene rings is 2. The summed E-state index contributed by atoms with van der Waals surface area (Å²) in [6.45, 7) is 1.58. The number of rotatable bonds is 5. The van der Waals surface area contributed by atoms with Crippen molar-refractivity contribution in [1.29, 1.82) is 0 Å². The van der Waals surface area contributed by atoms with Crippen molar-refractivity contribution in [3.63, 3.8) is 0 Å². The monoisotopic (exact) mass is 512 g/mol. The quantitative estimate of drug-likeness (QED) is 0.289. The molecule has 0 aliphatic heterocycles. The van der Waals surface area contributed by atoms with Crippen LogP contribution in [0.4, 0.5) is 30.7 Å². The number of ether oxygens (including phenoxy) is 1. The van der Waals surface area contributed by atoms with Crippen molar-refractivity contribution in [3.8, 4) is 16.9 Å². The first-order valence-corrected chi connectivity index (χ1v) is 10.9. The molecule has 0 saturated heterocycles. The molecule has 0 heterocycles. The average Bonchev–Trinajstić information content (AvgIpc) is 3.17. The van der Waals surface area contributed by atoms with Gasteiger partial charge in [0.25, 0.3) is 0 Å². The van der Waals surface area contributed by atoms with E-state index >= 15 is 4.39 Å². The number of hydrogen-bond acceptors (Lipinski definition) is 1. The SMILES string of the molecule is CCOc1c(-c2cc(C(F)(F)F)cc(C(F)(F)F)c2)ccc([C@@H]2CC[C@@H](CBr)C2)c1F. The van der Waals surface area contributed by atoms with Gasteiger partial charge in [0.05, 0.1) is 17.7 Å². The highest BCUT2D eigenvalue weighted by molar-refractivity contribution is 9.09. The van der Waals surface area contributed by atoms with Crippen LogP contribution in [0, 0.1) is 11.7 Å². The van der Waals surface area contributed by atoms with E-state index in [4.69, 9.17) is 4.74 Å². The van der Waals surface area contributed by atoms with Crippen LogP contribution in [0.25, 0.3) is 11.1 Å². The maximum atomic E-state index is 15.4. The molecule has 1 fully saturated rings. The minimum absolute atomic E-state index is 0.00710. The molecule has 0 N–H and O–H groups in total. The molecule has 2 aromatic carbocycles. The van der Waals surface area contributed by atoms with Gasteiger partial charge in [-0.2, -0.15) is 26.3 Å². The Labute approximate surface area is 183 Å². The van der Waals surface area contributed by atoms with Crippen molar-refractivity contribution in [1.82, 2.24) is 0 Å². The van der Waals surface area contributed by atoms with E-state index in [0.29, 0.717) is 23.6 Å². The summed E-state index contributed by atoms with van der Waals surface area (Å²) >= 11 is 3.42. The minimum atomic E-state index is -4.99. The summed E-state index contributed by atoms with van der Waals surface area (Å²) in [5.74, 6) is -0.749. The van der Waals surface area contributed by atoms with Gasteiger partial charge in [0, 0.05) is 10.9 Å². The van der Waals surface area contributed by atoms with Crippen LogP contribution in [0.1, 0.15) is 48.8 Å². The number of halogens is 8. The largest absolute Gasteiger partial charge is 0.490 e. The third-order valence-corrected chi connectivity index (χ3v) is 6.43. The zero-order valence-corrected chi connectivity index (χ0v) is 18.1. The topological polar surface area (TPSA) is 9.23 Å². The zero-order chi connectivity index (χ0) is 23.0. The second kappa shape index (κ2) is 9.00. The molecule has 1 saturated carbocycles. The van der Waals surface area contributed by atoms with Crippen LogP contribution in [-0.4, -0.2) is 11.9 Å².